The van der Waals surface area contributed by atoms with E-state index in [1.54, 1.807) is 12.1 Å². The van der Waals surface area contributed by atoms with Gasteiger partial charge in [0, 0.05) is 28.0 Å². The minimum Gasteiger partial charge on any atom is -0.487 e. The lowest BCUT2D eigenvalue weighted by Gasteiger charge is -2.14. The van der Waals surface area contributed by atoms with E-state index in [4.69, 9.17) is 21.1 Å². The van der Waals surface area contributed by atoms with Gasteiger partial charge in [0.25, 0.3) is 0 Å². The normalized spacial score (nSPS) is 14.6. The molecule has 1 amide bonds. The van der Waals surface area contributed by atoms with Gasteiger partial charge in [0.2, 0.25) is 5.91 Å². The summed E-state index contributed by atoms with van der Waals surface area (Å²) in [6.45, 7) is 2.32. The Morgan fingerprint density at radius 3 is 2.74 bits per heavy atom. The number of aromatic nitrogens is 1. The molecule has 0 unspecified atom stereocenters. The first-order valence-corrected chi connectivity index (χ1v) is 11.0. The molecular formula is C23H21ClN2O4S. The predicted molar refractivity (Wildman–Crippen MR) is 120 cm³/mol. The number of hydrogen-bond donors (Lipinski definition) is 1. The van der Waals surface area contributed by atoms with Gasteiger partial charge in [0.05, 0.1) is 36.3 Å². The molecule has 0 saturated carbocycles. The number of methoxy groups -OCH3 is 1. The zero-order chi connectivity index (χ0) is 22.0. The number of hydrogen-bond acceptors (Lipinski definition) is 6. The smallest absolute Gasteiger partial charge is 0.337 e. The van der Waals surface area contributed by atoms with Gasteiger partial charge >= 0.3 is 5.97 Å². The number of nitrogens with one attached hydrogen (secondary N) is 1. The minimum absolute atomic E-state index is 0.0819. The fourth-order valence-corrected chi connectivity index (χ4v) is 4.42. The SMILES string of the molecule is COC(=O)c1ccc(-c2cc(Cl)cc3c2O[C@H](CNC(=O)Cc2csc(C)n2)C3)cc1. The lowest BCUT2D eigenvalue weighted by molar-refractivity contribution is -0.120. The lowest BCUT2D eigenvalue weighted by Crippen LogP contribution is -2.35. The Morgan fingerprint density at radius 1 is 1.29 bits per heavy atom. The van der Waals surface area contributed by atoms with E-state index in [9.17, 15) is 9.59 Å². The maximum Gasteiger partial charge on any atom is 0.337 e. The first-order chi connectivity index (χ1) is 14.9. The van der Waals surface area contributed by atoms with Gasteiger partial charge in [-0.05, 0) is 36.8 Å². The number of ether oxygens (including phenoxy) is 2. The Morgan fingerprint density at radius 2 is 2.06 bits per heavy atom. The number of nitrogens with zero attached hydrogens (tertiary/aromatic N) is 1. The van der Waals surface area contributed by atoms with Crippen molar-refractivity contribution in [3.05, 3.63) is 68.6 Å². The summed E-state index contributed by atoms with van der Waals surface area (Å²) in [5.41, 5.74) is 3.98. The van der Waals surface area contributed by atoms with Crippen LogP contribution >= 0.6 is 22.9 Å². The maximum atomic E-state index is 12.2. The highest BCUT2D eigenvalue weighted by Gasteiger charge is 2.27. The minimum atomic E-state index is -0.386. The van der Waals surface area contributed by atoms with Gasteiger partial charge in [-0.1, -0.05) is 23.7 Å². The molecule has 0 fully saturated rings. The highest BCUT2D eigenvalue weighted by atomic mass is 35.5. The molecule has 2 heterocycles. The van der Waals surface area contributed by atoms with Gasteiger partial charge in [-0.3, -0.25) is 4.79 Å². The van der Waals surface area contributed by atoms with E-state index >= 15 is 0 Å². The zero-order valence-corrected chi connectivity index (χ0v) is 18.7. The molecule has 0 aliphatic carbocycles. The molecule has 0 radical (unpaired) electrons. The zero-order valence-electron chi connectivity index (χ0n) is 17.1. The van der Waals surface area contributed by atoms with Crippen molar-refractivity contribution in [1.82, 2.24) is 10.3 Å². The summed E-state index contributed by atoms with van der Waals surface area (Å²) in [5, 5.41) is 6.39. The van der Waals surface area contributed by atoms with E-state index in [-0.39, 0.29) is 24.4 Å². The quantitative estimate of drug-likeness (QED) is 0.562. The van der Waals surface area contributed by atoms with Crippen LogP contribution in [0.3, 0.4) is 0 Å². The molecule has 1 atom stereocenters. The Balaban J connectivity index is 1.45. The monoisotopic (exact) mass is 456 g/mol. The van der Waals surface area contributed by atoms with Crippen molar-refractivity contribution < 1.29 is 19.1 Å². The van der Waals surface area contributed by atoms with Crippen LogP contribution < -0.4 is 10.1 Å². The van der Waals surface area contributed by atoms with E-state index < -0.39 is 0 Å². The van der Waals surface area contributed by atoms with Gasteiger partial charge < -0.3 is 14.8 Å². The van der Waals surface area contributed by atoms with Crippen molar-refractivity contribution in [2.75, 3.05) is 13.7 Å². The number of halogens is 1. The summed E-state index contributed by atoms with van der Waals surface area (Å²) in [7, 11) is 1.35. The fraction of sp³-hybridized carbons (Fsp3) is 0.261. The molecule has 8 heteroatoms. The van der Waals surface area contributed by atoms with E-state index in [1.165, 1.54) is 18.4 Å². The highest BCUT2D eigenvalue weighted by molar-refractivity contribution is 7.09. The number of carbonyl (C=O) groups is 2. The molecule has 1 N–H and O–H groups in total. The summed E-state index contributed by atoms with van der Waals surface area (Å²) in [4.78, 5) is 28.3. The molecule has 6 nitrogen and oxygen atoms in total. The van der Waals surface area contributed by atoms with Crippen molar-refractivity contribution in [1.29, 1.82) is 0 Å². The average molecular weight is 457 g/mol. The van der Waals surface area contributed by atoms with Crippen LogP contribution in [-0.2, 0) is 22.4 Å². The second-order valence-corrected chi connectivity index (χ2v) is 8.79. The number of fused-ring (bicyclic) bond motifs is 1. The van der Waals surface area contributed by atoms with Crippen LogP contribution in [0, 0.1) is 6.92 Å². The molecule has 0 saturated heterocycles. The molecule has 31 heavy (non-hydrogen) atoms. The van der Waals surface area contributed by atoms with Gasteiger partial charge in [-0.25, -0.2) is 9.78 Å². The van der Waals surface area contributed by atoms with Crippen LogP contribution in [-0.4, -0.2) is 36.6 Å². The number of benzene rings is 2. The summed E-state index contributed by atoms with van der Waals surface area (Å²) in [6.07, 6.45) is 0.732. The van der Waals surface area contributed by atoms with Crippen LogP contribution in [0.4, 0.5) is 0 Å². The van der Waals surface area contributed by atoms with Gasteiger partial charge in [-0.15, -0.1) is 11.3 Å². The van der Waals surface area contributed by atoms with E-state index in [1.807, 2.05) is 36.6 Å². The Kier molecular flexibility index (Phi) is 6.25. The molecule has 1 aliphatic heterocycles. The van der Waals surface area contributed by atoms with Crippen LogP contribution in [0.2, 0.25) is 5.02 Å². The average Bonchev–Trinajstić information content (AvgIpc) is 3.36. The number of aryl methyl sites for hydroxylation is 1. The largest absolute Gasteiger partial charge is 0.487 e. The number of rotatable bonds is 6. The van der Waals surface area contributed by atoms with Crippen LogP contribution in [0.25, 0.3) is 11.1 Å². The number of esters is 1. The first-order valence-electron chi connectivity index (χ1n) is 9.78. The highest BCUT2D eigenvalue weighted by Crippen LogP contribution is 2.41. The number of carbonyl (C=O) groups excluding carboxylic acids is 2. The fourth-order valence-electron chi connectivity index (χ4n) is 3.57. The van der Waals surface area contributed by atoms with Gasteiger partial charge in [0.15, 0.2) is 0 Å². The Hall–Kier alpha value is -2.90. The molecule has 2 aromatic carbocycles. The van der Waals surface area contributed by atoms with Crippen molar-refractivity contribution >= 4 is 34.8 Å². The molecule has 0 bridgehead atoms. The second-order valence-electron chi connectivity index (χ2n) is 7.29. The van der Waals surface area contributed by atoms with Gasteiger partial charge in [0.1, 0.15) is 11.9 Å². The van der Waals surface area contributed by atoms with Crippen molar-refractivity contribution in [2.24, 2.45) is 0 Å². The summed E-state index contributed by atoms with van der Waals surface area (Å²) in [6, 6.07) is 10.8. The molecular weight excluding hydrogens is 436 g/mol. The maximum absolute atomic E-state index is 12.2. The molecule has 0 spiro atoms. The van der Waals surface area contributed by atoms with Crippen LogP contribution in [0.1, 0.15) is 26.6 Å². The van der Waals surface area contributed by atoms with Crippen LogP contribution in [0.5, 0.6) is 5.75 Å². The molecule has 1 aliphatic rings. The molecule has 160 valence electrons. The third-order valence-electron chi connectivity index (χ3n) is 5.01. The standard InChI is InChI=1S/C23H21ClN2O4S/c1-13-26-18(12-31-13)10-21(27)25-11-19-8-16-7-17(24)9-20(22(16)30-19)14-3-5-15(6-4-14)23(28)29-2/h3-7,9,12,19H,8,10-11H2,1-2H3,(H,25,27)/t19-/m0/s1. The molecule has 4 rings (SSSR count). The topological polar surface area (TPSA) is 77.5 Å². The first kappa shape index (κ1) is 21.3. The van der Waals surface area contributed by atoms with E-state index in [0.29, 0.717) is 23.6 Å². The van der Waals surface area contributed by atoms with Crippen LogP contribution in [0.15, 0.2) is 41.8 Å². The van der Waals surface area contributed by atoms with E-state index in [2.05, 4.69) is 10.3 Å². The summed E-state index contributed by atoms with van der Waals surface area (Å²) in [5.74, 6) is 0.286. The second kappa shape index (κ2) is 9.08. The Bertz CT molecular complexity index is 1130. The Labute approximate surface area is 189 Å². The van der Waals surface area contributed by atoms with Crippen molar-refractivity contribution in [2.45, 2.75) is 25.9 Å². The third-order valence-corrected chi connectivity index (χ3v) is 6.06. The van der Waals surface area contributed by atoms with E-state index in [0.717, 1.165) is 33.1 Å². The lowest BCUT2D eigenvalue weighted by atomic mass is 9.99. The number of amides is 1. The number of thiazole rings is 1. The molecule has 3 aromatic rings. The van der Waals surface area contributed by atoms with Crippen molar-refractivity contribution in [3.63, 3.8) is 0 Å². The summed E-state index contributed by atoms with van der Waals surface area (Å²) < 4.78 is 10.9. The van der Waals surface area contributed by atoms with Gasteiger partial charge in [-0.2, -0.15) is 0 Å². The summed E-state index contributed by atoms with van der Waals surface area (Å²) >= 11 is 7.88. The third kappa shape index (κ3) is 4.89. The van der Waals surface area contributed by atoms with Crippen molar-refractivity contribution in [3.8, 4) is 16.9 Å². The molecule has 1 aromatic heterocycles. The predicted octanol–water partition coefficient (Wildman–Crippen LogP) is 4.22.